The van der Waals surface area contributed by atoms with Gasteiger partial charge in [-0.25, -0.2) is 0 Å². The zero-order valence-electron chi connectivity index (χ0n) is 11.2. The van der Waals surface area contributed by atoms with Gasteiger partial charge in [-0.1, -0.05) is 22.0 Å². The van der Waals surface area contributed by atoms with Crippen molar-refractivity contribution >= 4 is 54.6 Å². The minimum absolute atomic E-state index is 0.0363. The van der Waals surface area contributed by atoms with Gasteiger partial charge in [0.25, 0.3) is 0 Å². The Labute approximate surface area is 139 Å². The Hall–Kier alpha value is -1.60. The summed E-state index contributed by atoms with van der Waals surface area (Å²) in [6.07, 6.45) is 0. The zero-order valence-corrected chi connectivity index (χ0v) is 14.4. The fraction of sp³-hybridized carbons (Fsp3) is 0.143. The summed E-state index contributed by atoms with van der Waals surface area (Å²) in [6.45, 7) is 2.52. The minimum atomic E-state index is -0.382. The average Bonchev–Trinajstić information content (AvgIpc) is 2.42. The molecule has 110 valence electrons. The Morgan fingerprint density at radius 1 is 1.14 bits per heavy atom. The van der Waals surface area contributed by atoms with Crippen LogP contribution in [0.15, 0.2) is 45.3 Å². The summed E-state index contributed by atoms with van der Waals surface area (Å²) in [6, 6.07) is 10.8. The van der Waals surface area contributed by atoms with E-state index < -0.39 is 0 Å². The number of rotatable bonds is 5. The number of anilines is 3. The van der Waals surface area contributed by atoms with Gasteiger partial charge in [0.1, 0.15) is 11.4 Å². The topological polar surface area (TPSA) is 67.2 Å². The van der Waals surface area contributed by atoms with E-state index in [1.54, 1.807) is 18.2 Å². The Balaban J connectivity index is 2.43. The molecular formula is C14H13Br2N3O2. The molecule has 0 spiro atoms. The van der Waals surface area contributed by atoms with Crippen LogP contribution in [-0.4, -0.2) is 11.5 Å². The number of nitro benzene ring substituents is 1. The molecular weight excluding hydrogens is 402 g/mol. The molecule has 0 aromatic heterocycles. The Kier molecular flexibility index (Phi) is 5.19. The van der Waals surface area contributed by atoms with Crippen LogP contribution >= 0.6 is 31.9 Å². The number of nitrogens with zero attached hydrogens (tertiary/aromatic N) is 1. The molecule has 2 N–H and O–H groups in total. The standard InChI is InChI=1S/C14H13Br2N3O2/c1-2-17-12-4-3-5-13(14(12)19(20)21)18-11-7-6-9(15)8-10(11)16/h3-8,17-18H,2H2,1H3. The summed E-state index contributed by atoms with van der Waals surface area (Å²) in [5, 5.41) is 17.5. The van der Waals surface area contributed by atoms with Gasteiger partial charge in [-0.15, -0.1) is 0 Å². The Morgan fingerprint density at radius 3 is 2.48 bits per heavy atom. The highest BCUT2D eigenvalue weighted by atomic mass is 79.9. The zero-order chi connectivity index (χ0) is 15.4. The van der Waals surface area contributed by atoms with E-state index >= 15 is 0 Å². The van der Waals surface area contributed by atoms with Crippen LogP contribution in [0.1, 0.15) is 6.92 Å². The number of nitrogens with one attached hydrogen (secondary N) is 2. The van der Waals surface area contributed by atoms with Crippen molar-refractivity contribution in [3.05, 3.63) is 55.5 Å². The summed E-state index contributed by atoms with van der Waals surface area (Å²) < 4.78 is 1.75. The van der Waals surface area contributed by atoms with Gasteiger partial charge in [-0.2, -0.15) is 0 Å². The van der Waals surface area contributed by atoms with Crippen LogP contribution in [0.2, 0.25) is 0 Å². The number of benzene rings is 2. The molecule has 0 atom stereocenters. The lowest BCUT2D eigenvalue weighted by Crippen LogP contribution is -2.04. The lowest BCUT2D eigenvalue weighted by atomic mass is 10.2. The van der Waals surface area contributed by atoms with Crippen molar-refractivity contribution in [2.24, 2.45) is 0 Å². The minimum Gasteiger partial charge on any atom is -0.380 e. The van der Waals surface area contributed by atoms with Gasteiger partial charge in [0.15, 0.2) is 0 Å². The lowest BCUT2D eigenvalue weighted by molar-refractivity contribution is -0.383. The van der Waals surface area contributed by atoms with E-state index in [4.69, 9.17) is 0 Å². The molecule has 5 nitrogen and oxygen atoms in total. The van der Waals surface area contributed by atoms with E-state index in [0.717, 1.165) is 14.6 Å². The van der Waals surface area contributed by atoms with Crippen molar-refractivity contribution < 1.29 is 4.92 Å². The second-order valence-electron chi connectivity index (χ2n) is 4.24. The first-order valence-electron chi connectivity index (χ1n) is 6.26. The predicted octanol–water partition coefficient (Wildman–Crippen LogP) is 5.30. The number of hydrogen-bond acceptors (Lipinski definition) is 4. The second kappa shape index (κ2) is 6.91. The summed E-state index contributed by atoms with van der Waals surface area (Å²) in [5.41, 5.74) is 1.74. The fourth-order valence-corrected chi connectivity index (χ4v) is 3.06. The van der Waals surface area contributed by atoms with Gasteiger partial charge in [0.05, 0.1) is 10.6 Å². The summed E-state index contributed by atoms with van der Waals surface area (Å²) >= 11 is 6.81. The first-order chi connectivity index (χ1) is 10.0. The maximum Gasteiger partial charge on any atom is 0.315 e. The molecule has 2 aromatic rings. The predicted molar refractivity (Wildman–Crippen MR) is 92.4 cm³/mol. The first kappa shape index (κ1) is 15.8. The molecule has 0 aliphatic heterocycles. The van der Waals surface area contributed by atoms with E-state index in [0.29, 0.717) is 17.9 Å². The largest absolute Gasteiger partial charge is 0.380 e. The highest BCUT2D eigenvalue weighted by Crippen LogP contribution is 2.36. The molecule has 0 heterocycles. The quantitative estimate of drug-likeness (QED) is 0.514. The van der Waals surface area contributed by atoms with Crippen LogP contribution in [0.4, 0.5) is 22.7 Å². The number of nitro groups is 1. The van der Waals surface area contributed by atoms with Gasteiger partial charge in [-0.3, -0.25) is 10.1 Å². The molecule has 0 amide bonds. The van der Waals surface area contributed by atoms with Crippen LogP contribution in [0.3, 0.4) is 0 Å². The molecule has 0 unspecified atom stereocenters. The third kappa shape index (κ3) is 3.74. The number of halogens is 2. The third-order valence-electron chi connectivity index (χ3n) is 2.79. The molecule has 0 aliphatic rings. The lowest BCUT2D eigenvalue weighted by Gasteiger charge is -2.12. The fourth-order valence-electron chi connectivity index (χ4n) is 1.91. The van der Waals surface area contributed by atoms with Gasteiger partial charge >= 0.3 is 5.69 Å². The van der Waals surface area contributed by atoms with Gasteiger partial charge in [0.2, 0.25) is 0 Å². The van der Waals surface area contributed by atoms with Crippen molar-refractivity contribution in [2.75, 3.05) is 17.2 Å². The van der Waals surface area contributed by atoms with Crippen molar-refractivity contribution in [3.8, 4) is 0 Å². The maximum atomic E-state index is 11.4. The molecule has 2 aromatic carbocycles. The van der Waals surface area contributed by atoms with E-state index in [9.17, 15) is 10.1 Å². The molecule has 7 heteroatoms. The molecule has 0 saturated heterocycles. The molecule has 0 radical (unpaired) electrons. The molecule has 2 rings (SSSR count). The molecule has 0 fully saturated rings. The highest BCUT2D eigenvalue weighted by molar-refractivity contribution is 9.11. The highest BCUT2D eigenvalue weighted by Gasteiger charge is 2.19. The van der Waals surface area contributed by atoms with Crippen molar-refractivity contribution in [2.45, 2.75) is 6.92 Å². The second-order valence-corrected chi connectivity index (χ2v) is 6.01. The number of para-hydroxylation sites is 1. The summed E-state index contributed by atoms with van der Waals surface area (Å²) in [4.78, 5) is 11.0. The Morgan fingerprint density at radius 2 is 1.86 bits per heavy atom. The first-order valence-corrected chi connectivity index (χ1v) is 7.85. The SMILES string of the molecule is CCNc1cccc(Nc2ccc(Br)cc2Br)c1[N+](=O)[O-]. The van der Waals surface area contributed by atoms with Crippen molar-refractivity contribution in [1.29, 1.82) is 0 Å². The number of hydrogen-bond donors (Lipinski definition) is 2. The maximum absolute atomic E-state index is 11.4. The van der Waals surface area contributed by atoms with Gasteiger partial charge < -0.3 is 10.6 Å². The van der Waals surface area contributed by atoms with Crippen LogP contribution in [0, 0.1) is 10.1 Å². The molecule has 0 aliphatic carbocycles. The van der Waals surface area contributed by atoms with E-state index in [1.165, 1.54) is 0 Å². The Bertz CT molecular complexity index is 677. The summed E-state index contributed by atoms with van der Waals surface area (Å²) in [5.74, 6) is 0. The van der Waals surface area contributed by atoms with Crippen molar-refractivity contribution in [1.82, 2.24) is 0 Å². The van der Waals surface area contributed by atoms with E-state index in [1.807, 2.05) is 25.1 Å². The third-order valence-corrected chi connectivity index (χ3v) is 3.94. The van der Waals surface area contributed by atoms with Crippen LogP contribution < -0.4 is 10.6 Å². The van der Waals surface area contributed by atoms with Crippen LogP contribution in [0.25, 0.3) is 0 Å². The van der Waals surface area contributed by atoms with Crippen LogP contribution in [0.5, 0.6) is 0 Å². The average molecular weight is 415 g/mol. The molecule has 0 bridgehead atoms. The van der Waals surface area contributed by atoms with Crippen molar-refractivity contribution in [3.63, 3.8) is 0 Å². The molecule has 0 saturated carbocycles. The smallest absolute Gasteiger partial charge is 0.315 e. The van der Waals surface area contributed by atoms with Gasteiger partial charge in [0, 0.05) is 15.5 Å². The summed E-state index contributed by atoms with van der Waals surface area (Å²) in [7, 11) is 0. The van der Waals surface area contributed by atoms with E-state index in [-0.39, 0.29) is 10.6 Å². The van der Waals surface area contributed by atoms with Gasteiger partial charge in [-0.05, 0) is 53.2 Å². The normalized spacial score (nSPS) is 10.2. The van der Waals surface area contributed by atoms with Crippen LogP contribution in [-0.2, 0) is 0 Å². The van der Waals surface area contributed by atoms with E-state index in [2.05, 4.69) is 42.5 Å². The monoisotopic (exact) mass is 413 g/mol. The molecule has 21 heavy (non-hydrogen) atoms.